The number of hydrogen-bond acceptors (Lipinski definition) is 3. The summed E-state index contributed by atoms with van der Waals surface area (Å²) in [7, 11) is 0. The van der Waals surface area contributed by atoms with Gasteiger partial charge >= 0.3 is 0 Å². The summed E-state index contributed by atoms with van der Waals surface area (Å²) in [6, 6.07) is 2.20. The van der Waals surface area contributed by atoms with E-state index in [2.05, 4.69) is 24.5 Å². The van der Waals surface area contributed by atoms with Crippen LogP contribution in [-0.4, -0.2) is 18.5 Å². The summed E-state index contributed by atoms with van der Waals surface area (Å²) in [5.41, 5.74) is 0.475. The first-order chi connectivity index (χ1) is 11.6. The number of nitrogens with zero attached hydrogens (tertiary/aromatic N) is 1. The van der Waals surface area contributed by atoms with Crippen LogP contribution in [0, 0.1) is 34.5 Å². The molecule has 0 aliphatic heterocycles. The zero-order chi connectivity index (χ0) is 17.2. The molecule has 1 amide bonds. The Morgan fingerprint density at radius 3 is 2.33 bits per heavy atom. The van der Waals surface area contributed by atoms with Gasteiger partial charge in [-0.25, -0.2) is 0 Å². The van der Waals surface area contributed by atoms with E-state index in [0.717, 1.165) is 37.1 Å². The first kappa shape index (κ1) is 17.3. The Balaban J connectivity index is 1.60. The van der Waals surface area contributed by atoms with E-state index in [9.17, 15) is 10.1 Å². The van der Waals surface area contributed by atoms with Crippen LogP contribution in [0.1, 0.15) is 65.2 Å². The van der Waals surface area contributed by atoms with E-state index in [4.69, 9.17) is 0 Å². The molecule has 0 radical (unpaired) electrons. The number of carbonyl (C=O) groups is 1. The predicted octanol–water partition coefficient (Wildman–Crippen LogP) is 3.50. The van der Waals surface area contributed by atoms with Gasteiger partial charge in [-0.2, -0.15) is 5.26 Å². The Hall–Kier alpha value is -1.50. The van der Waals surface area contributed by atoms with Crippen LogP contribution in [0.3, 0.4) is 0 Å². The van der Waals surface area contributed by atoms with Gasteiger partial charge in [-0.1, -0.05) is 13.3 Å². The lowest BCUT2D eigenvalue weighted by molar-refractivity contribution is -0.122. The number of amides is 1. The zero-order valence-electron chi connectivity index (χ0n) is 15.1. The molecule has 0 saturated heterocycles. The number of hydrogen-bond donors (Lipinski definition) is 2. The Labute approximate surface area is 146 Å². The summed E-state index contributed by atoms with van der Waals surface area (Å²) in [6.07, 6.45) is 11.7. The molecule has 4 fully saturated rings. The normalized spacial score (nSPS) is 35.4. The number of rotatable bonds is 7. The maximum absolute atomic E-state index is 12.5. The van der Waals surface area contributed by atoms with Gasteiger partial charge in [0.1, 0.15) is 11.6 Å². The van der Waals surface area contributed by atoms with Crippen LogP contribution in [0.25, 0.3) is 0 Å². The lowest BCUT2D eigenvalue weighted by Gasteiger charge is -2.59. The Kier molecular flexibility index (Phi) is 5.18. The van der Waals surface area contributed by atoms with Crippen LogP contribution in [0.4, 0.5) is 0 Å². The van der Waals surface area contributed by atoms with E-state index >= 15 is 0 Å². The maximum Gasteiger partial charge on any atom is 0.263 e. The van der Waals surface area contributed by atoms with Crippen molar-refractivity contribution < 1.29 is 4.79 Å². The first-order valence-electron chi connectivity index (χ1n) is 9.71. The van der Waals surface area contributed by atoms with Crippen LogP contribution < -0.4 is 10.6 Å². The van der Waals surface area contributed by atoms with Crippen LogP contribution in [0.15, 0.2) is 11.8 Å². The lowest BCUT2D eigenvalue weighted by atomic mass is 9.48. The van der Waals surface area contributed by atoms with Gasteiger partial charge in [0.05, 0.1) is 0 Å². The lowest BCUT2D eigenvalue weighted by Crippen LogP contribution is -2.56. The van der Waals surface area contributed by atoms with E-state index in [-0.39, 0.29) is 22.9 Å². The Bertz CT molecular complexity index is 510. The van der Waals surface area contributed by atoms with Gasteiger partial charge in [-0.15, -0.1) is 0 Å². The fourth-order valence-electron chi connectivity index (χ4n) is 5.74. The van der Waals surface area contributed by atoms with Crippen LogP contribution in [0.5, 0.6) is 0 Å². The van der Waals surface area contributed by atoms with E-state index in [0.29, 0.717) is 0 Å². The molecule has 0 aromatic rings. The molecule has 4 rings (SSSR count). The van der Waals surface area contributed by atoms with E-state index < -0.39 is 0 Å². The third-order valence-corrected chi connectivity index (χ3v) is 6.64. The van der Waals surface area contributed by atoms with Gasteiger partial charge in [0.15, 0.2) is 0 Å². The molecule has 4 saturated carbocycles. The molecular weight excluding hydrogens is 298 g/mol. The monoisotopic (exact) mass is 329 g/mol. The third kappa shape index (κ3) is 3.45. The topological polar surface area (TPSA) is 64.9 Å². The SMILES string of the molecule is CCCCN/C=C(/C#N)C(=O)NC(C)C12CC3CC(CC(C3)C1)C2. The van der Waals surface area contributed by atoms with Gasteiger partial charge in [-0.3, -0.25) is 4.79 Å². The van der Waals surface area contributed by atoms with Crippen molar-refractivity contribution in [1.29, 1.82) is 5.26 Å². The standard InChI is InChI=1S/C20H31N3O/c1-3-4-5-22-13-18(12-21)19(24)23-14(2)20-9-15-6-16(10-20)8-17(7-15)11-20/h13-17,22H,3-11H2,1-2H3,(H,23,24)/b18-13-. The molecule has 0 heterocycles. The molecule has 4 aliphatic rings. The Morgan fingerprint density at radius 1 is 1.25 bits per heavy atom. The highest BCUT2D eigenvalue weighted by Gasteiger charge is 2.53. The zero-order valence-corrected chi connectivity index (χ0v) is 15.1. The van der Waals surface area contributed by atoms with Gasteiger partial charge in [-0.05, 0) is 75.0 Å². The molecule has 1 unspecified atom stereocenters. The Morgan fingerprint density at radius 2 is 1.83 bits per heavy atom. The summed E-state index contributed by atoms with van der Waals surface area (Å²) >= 11 is 0. The molecule has 0 spiro atoms. The average Bonchev–Trinajstić information content (AvgIpc) is 2.53. The molecule has 0 aromatic carbocycles. The molecule has 4 heteroatoms. The molecular formula is C20H31N3O. The van der Waals surface area contributed by atoms with Crippen molar-refractivity contribution in [2.75, 3.05) is 6.54 Å². The fourth-order valence-corrected chi connectivity index (χ4v) is 5.74. The second-order valence-corrected chi connectivity index (χ2v) is 8.45. The fraction of sp³-hybridized carbons (Fsp3) is 0.800. The minimum Gasteiger partial charge on any atom is -0.390 e. The summed E-state index contributed by atoms with van der Waals surface area (Å²) in [6.45, 7) is 5.08. The summed E-state index contributed by atoms with van der Waals surface area (Å²) < 4.78 is 0. The third-order valence-electron chi connectivity index (χ3n) is 6.64. The van der Waals surface area contributed by atoms with E-state index in [1.165, 1.54) is 38.5 Å². The van der Waals surface area contributed by atoms with Crippen molar-refractivity contribution >= 4 is 5.91 Å². The van der Waals surface area contributed by atoms with Crippen LogP contribution in [0.2, 0.25) is 0 Å². The summed E-state index contributed by atoms with van der Waals surface area (Å²) in [5.74, 6) is 2.40. The number of nitrogens with one attached hydrogen (secondary N) is 2. The molecule has 0 aromatic heterocycles. The van der Waals surface area contributed by atoms with E-state index in [1.807, 2.05) is 6.07 Å². The average molecular weight is 329 g/mol. The maximum atomic E-state index is 12.5. The minimum atomic E-state index is -0.218. The van der Waals surface area contributed by atoms with Crippen molar-refractivity contribution in [2.24, 2.45) is 23.2 Å². The largest absolute Gasteiger partial charge is 0.390 e. The smallest absolute Gasteiger partial charge is 0.263 e. The van der Waals surface area contributed by atoms with Crippen molar-refractivity contribution in [3.8, 4) is 6.07 Å². The first-order valence-corrected chi connectivity index (χ1v) is 9.71. The summed E-state index contributed by atoms with van der Waals surface area (Å²) in [4.78, 5) is 12.5. The number of unbranched alkanes of at least 4 members (excludes halogenated alkanes) is 1. The molecule has 4 bridgehead atoms. The second kappa shape index (κ2) is 7.17. The molecule has 4 aliphatic carbocycles. The van der Waals surface area contributed by atoms with Crippen molar-refractivity contribution in [3.05, 3.63) is 11.8 Å². The van der Waals surface area contributed by atoms with E-state index in [1.54, 1.807) is 6.20 Å². The number of nitriles is 1. The molecule has 1 atom stereocenters. The molecule has 132 valence electrons. The van der Waals surface area contributed by atoms with Gasteiger partial charge in [0.2, 0.25) is 0 Å². The van der Waals surface area contributed by atoms with Gasteiger partial charge in [0, 0.05) is 18.8 Å². The summed E-state index contributed by atoms with van der Waals surface area (Å²) in [5, 5.41) is 15.5. The van der Waals surface area contributed by atoms with Crippen LogP contribution >= 0.6 is 0 Å². The molecule has 2 N–H and O–H groups in total. The van der Waals surface area contributed by atoms with Crippen molar-refractivity contribution in [3.63, 3.8) is 0 Å². The second-order valence-electron chi connectivity index (χ2n) is 8.45. The van der Waals surface area contributed by atoms with Gasteiger partial charge < -0.3 is 10.6 Å². The van der Waals surface area contributed by atoms with Crippen LogP contribution in [-0.2, 0) is 4.79 Å². The minimum absolute atomic E-state index is 0.158. The van der Waals surface area contributed by atoms with Gasteiger partial charge in [0.25, 0.3) is 5.91 Å². The highest BCUT2D eigenvalue weighted by Crippen LogP contribution is 2.61. The molecule has 24 heavy (non-hydrogen) atoms. The highest BCUT2D eigenvalue weighted by atomic mass is 16.1. The van der Waals surface area contributed by atoms with Crippen molar-refractivity contribution in [1.82, 2.24) is 10.6 Å². The predicted molar refractivity (Wildman–Crippen MR) is 94.8 cm³/mol. The molecule has 4 nitrogen and oxygen atoms in total. The number of carbonyl (C=O) groups excluding carboxylic acids is 1. The quantitative estimate of drug-likeness (QED) is 0.427. The van der Waals surface area contributed by atoms with Crippen molar-refractivity contribution in [2.45, 2.75) is 71.3 Å². The highest BCUT2D eigenvalue weighted by molar-refractivity contribution is 5.97.